The molecule has 0 amide bonds. The molecule has 0 fully saturated rings. The fraction of sp³-hybridized carbons (Fsp3) is 0.615. The number of rotatable bonds is 8. The summed E-state index contributed by atoms with van der Waals surface area (Å²) in [5.74, 6) is 1.33. The zero-order chi connectivity index (χ0) is 13.4. The van der Waals surface area contributed by atoms with Crippen LogP contribution in [0, 0.1) is 5.82 Å². The molecule has 5 heteroatoms. The SMILES string of the molecule is CCNCc1ccnc(N(C)CCCSC)c1F. The summed E-state index contributed by atoms with van der Waals surface area (Å²) in [7, 11) is 1.89. The molecule has 1 rings (SSSR count). The number of aromatic nitrogens is 1. The molecule has 0 unspecified atom stereocenters. The molecule has 0 radical (unpaired) electrons. The predicted molar refractivity (Wildman–Crippen MR) is 77.8 cm³/mol. The predicted octanol–water partition coefficient (Wildman–Crippen LogP) is 2.52. The fourth-order valence-corrected chi connectivity index (χ4v) is 2.10. The lowest BCUT2D eigenvalue weighted by Gasteiger charge is -2.19. The van der Waals surface area contributed by atoms with Gasteiger partial charge in [-0.15, -0.1) is 0 Å². The number of thioether (sulfide) groups is 1. The van der Waals surface area contributed by atoms with Crippen molar-refractivity contribution in [2.75, 3.05) is 37.0 Å². The number of hydrogen-bond donors (Lipinski definition) is 1. The Balaban J connectivity index is 2.69. The van der Waals surface area contributed by atoms with Crippen LogP contribution in [0.2, 0.25) is 0 Å². The van der Waals surface area contributed by atoms with E-state index in [1.165, 1.54) is 0 Å². The molecule has 0 aliphatic rings. The van der Waals surface area contributed by atoms with Gasteiger partial charge in [-0.05, 0) is 31.0 Å². The highest BCUT2D eigenvalue weighted by molar-refractivity contribution is 7.98. The maximum absolute atomic E-state index is 14.2. The first-order valence-corrected chi connectivity index (χ1v) is 7.64. The van der Waals surface area contributed by atoms with Gasteiger partial charge in [-0.25, -0.2) is 9.37 Å². The van der Waals surface area contributed by atoms with E-state index < -0.39 is 0 Å². The molecule has 1 aromatic heterocycles. The maximum atomic E-state index is 14.2. The Morgan fingerprint density at radius 3 is 2.94 bits per heavy atom. The van der Waals surface area contributed by atoms with Crippen molar-refractivity contribution in [2.45, 2.75) is 19.9 Å². The Morgan fingerprint density at radius 2 is 2.28 bits per heavy atom. The summed E-state index contributed by atoms with van der Waals surface area (Å²) < 4.78 is 14.2. The smallest absolute Gasteiger partial charge is 0.170 e. The Hall–Kier alpha value is -0.810. The van der Waals surface area contributed by atoms with Crippen LogP contribution >= 0.6 is 11.8 Å². The highest BCUT2D eigenvalue weighted by atomic mass is 32.2. The second-order valence-corrected chi connectivity index (χ2v) is 5.14. The van der Waals surface area contributed by atoms with E-state index >= 15 is 0 Å². The first kappa shape index (κ1) is 15.2. The molecule has 0 aromatic carbocycles. The first-order valence-electron chi connectivity index (χ1n) is 6.24. The van der Waals surface area contributed by atoms with Crippen LogP contribution in [0.1, 0.15) is 18.9 Å². The van der Waals surface area contributed by atoms with E-state index in [2.05, 4.69) is 16.6 Å². The van der Waals surface area contributed by atoms with Gasteiger partial charge in [0.1, 0.15) is 0 Å². The van der Waals surface area contributed by atoms with Gasteiger partial charge < -0.3 is 10.2 Å². The average Bonchev–Trinajstić information content (AvgIpc) is 2.37. The molecule has 0 aliphatic carbocycles. The van der Waals surface area contributed by atoms with Gasteiger partial charge in [0, 0.05) is 31.9 Å². The molecule has 0 saturated carbocycles. The summed E-state index contributed by atoms with van der Waals surface area (Å²) in [4.78, 5) is 6.03. The van der Waals surface area contributed by atoms with Gasteiger partial charge in [0.2, 0.25) is 0 Å². The van der Waals surface area contributed by atoms with Crippen LogP contribution < -0.4 is 10.2 Å². The number of hydrogen-bond acceptors (Lipinski definition) is 4. The van der Waals surface area contributed by atoms with Gasteiger partial charge in [-0.3, -0.25) is 0 Å². The number of anilines is 1. The van der Waals surface area contributed by atoms with Crippen LogP contribution in [0.3, 0.4) is 0 Å². The topological polar surface area (TPSA) is 28.2 Å². The lowest BCUT2D eigenvalue weighted by Crippen LogP contribution is -2.23. The molecule has 0 aliphatic heterocycles. The highest BCUT2D eigenvalue weighted by Gasteiger charge is 2.12. The number of pyridine rings is 1. The Labute approximate surface area is 113 Å². The van der Waals surface area contributed by atoms with E-state index in [4.69, 9.17) is 0 Å². The molecule has 0 spiro atoms. The van der Waals surface area contributed by atoms with Crippen molar-refractivity contribution in [3.8, 4) is 0 Å². The normalized spacial score (nSPS) is 10.7. The number of nitrogens with zero attached hydrogens (tertiary/aromatic N) is 2. The maximum Gasteiger partial charge on any atom is 0.170 e. The van der Waals surface area contributed by atoms with Crippen molar-refractivity contribution >= 4 is 17.6 Å². The standard InChI is InChI=1S/C13H22FN3S/c1-4-15-10-11-6-7-16-13(12(11)14)17(2)8-5-9-18-3/h6-7,15H,4-5,8-10H2,1-3H3. The molecule has 18 heavy (non-hydrogen) atoms. The van der Waals surface area contributed by atoms with Crippen LogP contribution in [0.25, 0.3) is 0 Å². The molecule has 0 atom stereocenters. The van der Waals surface area contributed by atoms with Crippen molar-refractivity contribution in [3.05, 3.63) is 23.6 Å². The molecular weight excluding hydrogens is 249 g/mol. The molecule has 0 saturated heterocycles. The first-order chi connectivity index (χ1) is 8.70. The molecule has 1 heterocycles. The van der Waals surface area contributed by atoms with E-state index in [0.717, 1.165) is 25.3 Å². The van der Waals surface area contributed by atoms with Gasteiger partial charge >= 0.3 is 0 Å². The van der Waals surface area contributed by atoms with Gasteiger partial charge in [-0.2, -0.15) is 11.8 Å². The van der Waals surface area contributed by atoms with E-state index in [1.54, 1.807) is 24.0 Å². The van der Waals surface area contributed by atoms with Crippen LogP contribution in [0.5, 0.6) is 0 Å². The summed E-state index contributed by atoms with van der Waals surface area (Å²) in [6.07, 6.45) is 4.79. The van der Waals surface area contributed by atoms with Crippen LogP contribution in [-0.2, 0) is 6.54 Å². The lowest BCUT2D eigenvalue weighted by molar-refractivity contribution is 0.583. The largest absolute Gasteiger partial charge is 0.357 e. The third-order valence-electron chi connectivity index (χ3n) is 2.72. The molecular formula is C13H22FN3S. The van der Waals surface area contributed by atoms with Crippen LogP contribution in [-0.4, -0.2) is 37.1 Å². The minimum absolute atomic E-state index is 0.204. The van der Waals surface area contributed by atoms with Crippen molar-refractivity contribution in [1.29, 1.82) is 0 Å². The molecule has 3 nitrogen and oxygen atoms in total. The summed E-state index contributed by atoms with van der Waals surface area (Å²) in [5.41, 5.74) is 0.679. The summed E-state index contributed by atoms with van der Waals surface area (Å²) in [6, 6.07) is 1.73. The molecule has 1 aromatic rings. The van der Waals surface area contributed by atoms with E-state index in [0.29, 0.717) is 17.9 Å². The Morgan fingerprint density at radius 1 is 1.50 bits per heavy atom. The van der Waals surface area contributed by atoms with Gasteiger partial charge in [0.25, 0.3) is 0 Å². The zero-order valence-electron chi connectivity index (χ0n) is 11.4. The van der Waals surface area contributed by atoms with Gasteiger partial charge in [0.05, 0.1) is 0 Å². The summed E-state index contributed by atoms with van der Waals surface area (Å²) in [5, 5.41) is 3.13. The third-order valence-corrected chi connectivity index (χ3v) is 3.42. The third kappa shape index (κ3) is 4.46. The van der Waals surface area contributed by atoms with Crippen molar-refractivity contribution in [3.63, 3.8) is 0 Å². The monoisotopic (exact) mass is 271 g/mol. The minimum Gasteiger partial charge on any atom is -0.357 e. The zero-order valence-corrected chi connectivity index (χ0v) is 12.2. The van der Waals surface area contributed by atoms with E-state index in [1.807, 2.05) is 18.9 Å². The van der Waals surface area contributed by atoms with E-state index in [-0.39, 0.29) is 5.82 Å². The fourth-order valence-electron chi connectivity index (χ4n) is 1.69. The quantitative estimate of drug-likeness (QED) is 0.735. The minimum atomic E-state index is -0.204. The van der Waals surface area contributed by atoms with E-state index in [9.17, 15) is 4.39 Å². The Bertz CT molecular complexity index is 360. The second-order valence-electron chi connectivity index (χ2n) is 4.16. The Kier molecular flexibility index (Phi) is 7.05. The molecule has 1 N–H and O–H groups in total. The van der Waals surface area contributed by atoms with Gasteiger partial charge in [-0.1, -0.05) is 6.92 Å². The summed E-state index contributed by atoms with van der Waals surface area (Å²) in [6.45, 7) is 4.22. The van der Waals surface area contributed by atoms with Gasteiger partial charge in [0.15, 0.2) is 11.6 Å². The molecule has 0 bridgehead atoms. The average molecular weight is 271 g/mol. The van der Waals surface area contributed by atoms with Crippen molar-refractivity contribution in [2.24, 2.45) is 0 Å². The van der Waals surface area contributed by atoms with Crippen LogP contribution in [0.4, 0.5) is 10.2 Å². The summed E-state index contributed by atoms with van der Waals surface area (Å²) >= 11 is 1.81. The second kappa shape index (κ2) is 8.32. The van der Waals surface area contributed by atoms with Crippen molar-refractivity contribution in [1.82, 2.24) is 10.3 Å². The van der Waals surface area contributed by atoms with Crippen LogP contribution in [0.15, 0.2) is 12.3 Å². The molecule has 102 valence electrons. The highest BCUT2D eigenvalue weighted by Crippen LogP contribution is 2.18. The lowest BCUT2D eigenvalue weighted by atomic mass is 10.2. The number of halogens is 1. The number of nitrogens with one attached hydrogen (secondary N) is 1. The van der Waals surface area contributed by atoms with Crippen molar-refractivity contribution < 1.29 is 4.39 Å².